The summed E-state index contributed by atoms with van der Waals surface area (Å²) in [5.74, 6) is 1.33. The van der Waals surface area contributed by atoms with Crippen molar-refractivity contribution in [3.05, 3.63) is 103 Å². The summed E-state index contributed by atoms with van der Waals surface area (Å²) in [5.41, 5.74) is 6.99. The number of hydrogen-bond donors (Lipinski definition) is 3. The van der Waals surface area contributed by atoms with Crippen LogP contribution >= 0.6 is 0 Å². The van der Waals surface area contributed by atoms with Gasteiger partial charge in [-0.2, -0.15) is 0 Å². The number of nitrogen functional groups attached to an aromatic ring is 1. The number of hydrogen-bond acceptors (Lipinski definition) is 5. The molecule has 0 radical (unpaired) electrons. The number of rotatable bonds is 4. The molecule has 2 aromatic carbocycles. The normalized spacial score (nSPS) is 10.7. The molecule has 7 nitrogen and oxygen atoms in total. The fourth-order valence-electron chi connectivity index (χ4n) is 3.40. The number of halogens is 2. The molecule has 0 aliphatic rings. The Hall–Kier alpha value is -4.92. The number of benzene rings is 2. The number of nitrogens with zero attached hydrogens (tertiary/aromatic N) is 2. The maximum absolute atomic E-state index is 13.3. The number of aromatic amines is 2. The highest BCUT2D eigenvalue weighted by Crippen LogP contribution is 2.30. The SMILES string of the molecule is Fc1cccc(Oc2ccnc3[nH]ccc23)c1.Nc1ccc(Oc2ccnc3[nH]ccc23)cc1F. The van der Waals surface area contributed by atoms with E-state index in [-0.39, 0.29) is 11.5 Å². The van der Waals surface area contributed by atoms with Crippen molar-refractivity contribution in [2.24, 2.45) is 0 Å². The first-order valence-electron chi connectivity index (χ1n) is 10.6. The highest BCUT2D eigenvalue weighted by atomic mass is 19.1. The topological polar surface area (TPSA) is 102 Å². The average molecular weight is 471 g/mol. The predicted octanol–water partition coefficient (Wildman–Crippen LogP) is 6.57. The van der Waals surface area contributed by atoms with Crippen molar-refractivity contribution in [3.63, 3.8) is 0 Å². The largest absolute Gasteiger partial charge is 0.456 e. The molecule has 9 heteroatoms. The van der Waals surface area contributed by atoms with Gasteiger partial charge in [-0.15, -0.1) is 0 Å². The van der Waals surface area contributed by atoms with E-state index in [1.807, 2.05) is 12.1 Å². The van der Waals surface area contributed by atoms with Crippen molar-refractivity contribution in [1.29, 1.82) is 0 Å². The summed E-state index contributed by atoms with van der Waals surface area (Å²) in [7, 11) is 0. The molecule has 0 spiro atoms. The van der Waals surface area contributed by atoms with Gasteiger partial charge < -0.3 is 25.2 Å². The number of nitrogens with two attached hydrogens (primary N) is 1. The number of anilines is 1. The molecule has 4 N–H and O–H groups in total. The van der Waals surface area contributed by atoms with Gasteiger partial charge in [-0.3, -0.25) is 0 Å². The van der Waals surface area contributed by atoms with Gasteiger partial charge >= 0.3 is 0 Å². The Morgan fingerprint density at radius 1 is 0.686 bits per heavy atom. The van der Waals surface area contributed by atoms with E-state index < -0.39 is 5.82 Å². The minimum Gasteiger partial charge on any atom is -0.456 e. The van der Waals surface area contributed by atoms with Crippen LogP contribution in [0.25, 0.3) is 22.1 Å². The lowest BCUT2D eigenvalue weighted by molar-refractivity contribution is 0.481. The minimum atomic E-state index is -0.494. The molecule has 4 aromatic heterocycles. The van der Waals surface area contributed by atoms with Crippen LogP contribution in [0.1, 0.15) is 0 Å². The van der Waals surface area contributed by atoms with E-state index in [0.717, 1.165) is 22.1 Å². The minimum absolute atomic E-state index is 0.101. The monoisotopic (exact) mass is 471 g/mol. The third-order valence-corrected chi connectivity index (χ3v) is 5.06. The maximum atomic E-state index is 13.3. The van der Waals surface area contributed by atoms with E-state index >= 15 is 0 Å². The molecule has 6 rings (SSSR count). The summed E-state index contributed by atoms with van der Waals surface area (Å²) < 4.78 is 37.6. The molecule has 6 aromatic rings. The Balaban J connectivity index is 0.000000145. The lowest BCUT2D eigenvalue weighted by Gasteiger charge is -2.07. The van der Waals surface area contributed by atoms with Crippen LogP contribution in [-0.2, 0) is 0 Å². The molecular weight excluding hydrogens is 452 g/mol. The van der Waals surface area contributed by atoms with Crippen LogP contribution in [0.15, 0.2) is 91.5 Å². The van der Waals surface area contributed by atoms with Crippen LogP contribution in [0, 0.1) is 11.6 Å². The number of aromatic nitrogens is 4. The molecule has 0 bridgehead atoms. The van der Waals surface area contributed by atoms with Gasteiger partial charge in [0, 0.05) is 36.9 Å². The lowest BCUT2D eigenvalue weighted by Crippen LogP contribution is -1.92. The third kappa shape index (κ3) is 4.88. The van der Waals surface area contributed by atoms with Gasteiger partial charge in [0.05, 0.1) is 16.5 Å². The van der Waals surface area contributed by atoms with Crippen LogP contribution in [-0.4, -0.2) is 19.9 Å². The number of pyridine rings is 2. The van der Waals surface area contributed by atoms with Crippen molar-refractivity contribution in [3.8, 4) is 23.0 Å². The quantitative estimate of drug-likeness (QED) is 0.252. The molecule has 0 saturated carbocycles. The maximum Gasteiger partial charge on any atom is 0.149 e. The van der Waals surface area contributed by atoms with Crippen molar-refractivity contribution in [2.45, 2.75) is 0 Å². The Morgan fingerprint density at radius 2 is 1.29 bits per heavy atom. The highest BCUT2D eigenvalue weighted by Gasteiger charge is 2.07. The second-order valence-corrected chi connectivity index (χ2v) is 7.44. The Labute approximate surface area is 198 Å². The molecule has 0 atom stereocenters. The molecular formula is C26H19F2N5O2. The van der Waals surface area contributed by atoms with Crippen LogP contribution in [0.4, 0.5) is 14.5 Å². The third-order valence-electron chi connectivity index (χ3n) is 5.06. The number of nitrogens with one attached hydrogen (secondary N) is 2. The molecule has 174 valence electrons. The predicted molar refractivity (Wildman–Crippen MR) is 130 cm³/mol. The second kappa shape index (κ2) is 9.52. The Bertz CT molecular complexity index is 1610. The number of fused-ring (bicyclic) bond motifs is 2. The lowest BCUT2D eigenvalue weighted by atomic mass is 10.3. The number of ether oxygens (including phenoxy) is 2. The van der Waals surface area contributed by atoms with E-state index in [2.05, 4.69) is 19.9 Å². The first kappa shape index (κ1) is 21.9. The van der Waals surface area contributed by atoms with Crippen LogP contribution in [0.2, 0.25) is 0 Å². The summed E-state index contributed by atoms with van der Waals surface area (Å²) >= 11 is 0. The first-order valence-corrected chi connectivity index (χ1v) is 10.6. The summed E-state index contributed by atoms with van der Waals surface area (Å²) in [6, 6.07) is 17.6. The zero-order valence-electron chi connectivity index (χ0n) is 18.2. The second-order valence-electron chi connectivity index (χ2n) is 7.44. The van der Waals surface area contributed by atoms with Crippen molar-refractivity contribution in [1.82, 2.24) is 19.9 Å². The van der Waals surface area contributed by atoms with Crippen molar-refractivity contribution in [2.75, 3.05) is 5.73 Å². The van der Waals surface area contributed by atoms with E-state index in [1.54, 1.807) is 55.1 Å². The molecule has 0 aliphatic heterocycles. The van der Waals surface area contributed by atoms with E-state index in [0.29, 0.717) is 23.0 Å². The fourth-order valence-corrected chi connectivity index (χ4v) is 3.40. The average Bonchev–Trinajstić information content (AvgIpc) is 3.53. The van der Waals surface area contributed by atoms with Gasteiger partial charge in [0.15, 0.2) is 0 Å². The Kier molecular flexibility index (Phi) is 5.96. The summed E-state index contributed by atoms with van der Waals surface area (Å²) in [5, 5.41) is 1.71. The van der Waals surface area contributed by atoms with Crippen LogP contribution in [0.5, 0.6) is 23.0 Å². The van der Waals surface area contributed by atoms with Crippen LogP contribution in [0.3, 0.4) is 0 Å². The standard InChI is InChI=1S/C13H10FN3O.C13H9FN2O/c14-10-7-8(1-2-11(10)15)18-12-4-6-17-13-9(12)3-5-16-13;14-9-2-1-3-10(8-9)17-12-5-7-16-13-11(12)4-6-15-13/h1-7H,15H2,(H,16,17);1-8H,(H,15,16). The molecule has 0 aliphatic carbocycles. The Morgan fingerprint density at radius 3 is 1.86 bits per heavy atom. The zero-order valence-corrected chi connectivity index (χ0v) is 18.2. The van der Waals surface area contributed by atoms with Gasteiger partial charge in [-0.1, -0.05) is 6.07 Å². The molecule has 4 heterocycles. The smallest absolute Gasteiger partial charge is 0.149 e. The molecule has 0 amide bonds. The zero-order chi connectivity index (χ0) is 24.2. The van der Waals surface area contributed by atoms with Gasteiger partial charge in [-0.25, -0.2) is 18.7 Å². The summed E-state index contributed by atoms with van der Waals surface area (Å²) in [4.78, 5) is 14.3. The summed E-state index contributed by atoms with van der Waals surface area (Å²) in [6.07, 6.45) is 6.83. The fraction of sp³-hybridized carbons (Fsp3) is 0. The molecule has 0 saturated heterocycles. The molecule has 0 fully saturated rings. The van der Waals surface area contributed by atoms with E-state index in [4.69, 9.17) is 15.2 Å². The number of H-pyrrole nitrogens is 2. The van der Waals surface area contributed by atoms with E-state index in [1.165, 1.54) is 24.3 Å². The summed E-state index contributed by atoms with van der Waals surface area (Å²) in [6.45, 7) is 0. The van der Waals surface area contributed by atoms with Crippen LogP contribution < -0.4 is 15.2 Å². The van der Waals surface area contributed by atoms with Gasteiger partial charge in [0.1, 0.15) is 45.9 Å². The van der Waals surface area contributed by atoms with Crippen molar-refractivity contribution >= 4 is 27.8 Å². The molecule has 0 unspecified atom stereocenters. The highest BCUT2D eigenvalue weighted by molar-refractivity contribution is 5.83. The van der Waals surface area contributed by atoms with Gasteiger partial charge in [-0.05, 0) is 48.5 Å². The van der Waals surface area contributed by atoms with E-state index in [9.17, 15) is 8.78 Å². The van der Waals surface area contributed by atoms with Gasteiger partial charge in [0.2, 0.25) is 0 Å². The van der Waals surface area contributed by atoms with Gasteiger partial charge in [0.25, 0.3) is 0 Å². The first-order chi connectivity index (χ1) is 17.1. The van der Waals surface area contributed by atoms with Crippen molar-refractivity contribution < 1.29 is 18.3 Å². The molecule has 35 heavy (non-hydrogen) atoms.